The molecule has 1 saturated heterocycles. The van der Waals surface area contributed by atoms with Gasteiger partial charge in [0.25, 0.3) is 0 Å². The number of methoxy groups -OCH3 is 1. The Kier molecular flexibility index (Phi) is 7.04. The summed E-state index contributed by atoms with van der Waals surface area (Å²) in [4.78, 5) is 2.52. The first-order valence-corrected chi connectivity index (χ1v) is 6.77. The molecule has 0 bridgehead atoms. The fraction of sp³-hybridized carbons (Fsp3) is 1.00. The number of ether oxygens (including phenoxy) is 1. The van der Waals surface area contributed by atoms with Gasteiger partial charge in [-0.05, 0) is 46.2 Å². The maximum atomic E-state index is 9.00. The molecule has 1 atom stereocenters. The first kappa shape index (κ1) is 14.9. The first-order chi connectivity index (χ1) is 8.17. The fourth-order valence-corrected chi connectivity index (χ4v) is 2.49. The molecule has 1 unspecified atom stereocenters. The maximum absolute atomic E-state index is 9.00. The number of piperidine rings is 1. The van der Waals surface area contributed by atoms with E-state index in [0.717, 1.165) is 6.42 Å². The van der Waals surface area contributed by atoms with Crippen molar-refractivity contribution < 1.29 is 9.84 Å². The van der Waals surface area contributed by atoms with Crippen LogP contribution in [0.5, 0.6) is 0 Å². The highest BCUT2D eigenvalue weighted by Crippen LogP contribution is 2.13. The van der Waals surface area contributed by atoms with Crippen molar-refractivity contribution in [3.05, 3.63) is 0 Å². The Bertz CT molecular complexity index is 186. The summed E-state index contributed by atoms with van der Waals surface area (Å²) >= 11 is 0. The molecule has 4 heteroatoms. The van der Waals surface area contributed by atoms with E-state index in [2.05, 4.69) is 24.1 Å². The first-order valence-electron chi connectivity index (χ1n) is 6.77. The molecular weight excluding hydrogens is 216 g/mol. The Morgan fingerprint density at radius 3 is 2.47 bits per heavy atom. The van der Waals surface area contributed by atoms with Crippen LogP contribution in [0.2, 0.25) is 0 Å². The summed E-state index contributed by atoms with van der Waals surface area (Å²) in [6.07, 6.45) is 3.17. The summed E-state index contributed by atoms with van der Waals surface area (Å²) in [5, 5.41) is 12.6. The summed E-state index contributed by atoms with van der Waals surface area (Å²) in [5.41, 5.74) is 0. The molecule has 4 nitrogen and oxygen atoms in total. The normalized spacial score (nSPS) is 21.0. The Balaban J connectivity index is 2.27. The molecule has 0 aromatic heterocycles. The van der Waals surface area contributed by atoms with Crippen molar-refractivity contribution >= 4 is 0 Å². The topological polar surface area (TPSA) is 44.7 Å². The van der Waals surface area contributed by atoms with Crippen LogP contribution in [0.1, 0.15) is 33.1 Å². The van der Waals surface area contributed by atoms with Crippen LogP contribution in [-0.4, -0.2) is 61.5 Å². The predicted molar refractivity (Wildman–Crippen MR) is 70.2 cm³/mol. The molecule has 0 aliphatic carbocycles. The van der Waals surface area contributed by atoms with Gasteiger partial charge in [-0.25, -0.2) is 0 Å². The minimum Gasteiger partial charge on any atom is -0.396 e. The van der Waals surface area contributed by atoms with Gasteiger partial charge in [0.05, 0.1) is 6.61 Å². The third kappa shape index (κ3) is 5.34. The van der Waals surface area contributed by atoms with Gasteiger partial charge in [0.1, 0.15) is 0 Å². The highest BCUT2D eigenvalue weighted by atomic mass is 16.5. The summed E-state index contributed by atoms with van der Waals surface area (Å²) in [6.45, 7) is 7.78. The minimum absolute atomic E-state index is 0.228. The summed E-state index contributed by atoms with van der Waals surface area (Å²) < 4.78 is 5.17. The molecule has 1 aliphatic rings. The molecular formula is C13H28N2O2. The monoisotopic (exact) mass is 244 g/mol. The van der Waals surface area contributed by atoms with Crippen molar-refractivity contribution in [2.45, 2.75) is 51.2 Å². The van der Waals surface area contributed by atoms with E-state index in [1.54, 1.807) is 7.11 Å². The Labute approximate surface area is 105 Å². The van der Waals surface area contributed by atoms with Crippen LogP contribution in [0.25, 0.3) is 0 Å². The van der Waals surface area contributed by atoms with Crippen LogP contribution in [0.3, 0.4) is 0 Å². The second-order valence-electron chi connectivity index (χ2n) is 5.24. The molecule has 2 N–H and O–H groups in total. The van der Waals surface area contributed by atoms with Crippen LogP contribution >= 0.6 is 0 Å². The van der Waals surface area contributed by atoms with Crippen molar-refractivity contribution in [1.82, 2.24) is 10.2 Å². The lowest BCUT2D eigenvalue weighted by molar-refractivity contribution is 0.119. The highest BCUT2D eigenvalue weighted by Gasteiger charge is 2.22. The third-order valence-electron chi connectivity index (χ3n) is 3.58. The summed E-state index contributed by atoms with van der Waals surface area (Å²) in [5.74, 6) is 0. The van der Waals surface area contributed by atoms with E-state index < -0.39 is 0 Å². The molecule has 1 heterocycles. The second-order valence-corrected chi connectivity index (χ2v) is 5.24. The van der Waals surface area contributed by atoms with Gasteiger partial charge in [0.15, 0.2) is 0 Å². The van der Waals surface area contributed by atoms with E-state index in [9.17, 15) is 0 Å². The van der Waals surface area contributed by atoms with E-state index in [-0.39, 0.29) is 6.61 Å². The average molecular weight is 244 g/mol. The van der Waals surface area contributed by atoms with Gasteiger partial charge in [-0.1, -0.05) is 0 Å². The predicted octanol–water partition coefficient (Wildman–Crippen LogP) is 0.846. The zero-order valence-corrected chi connectivity index (χ0v) is 11.5. The number of hydrogen-bond acceptors (Lipinski definition) is 4. The van der Waals surface area contributed by atoms with Gasteiger partial charge < -0.3 is 20.1 Å². The fourth-order valence-electron chi connectivity index (χ4n) is 2.49. The number of hydrogen-bond donors (Lipinski definition) is 2. The van der Waals surface area contributed by atoms with Crippen molar-refractivity contribution in [2.24, 2.45) is 0 Å². The molecule has 17 heavy (non-hydrogen) atoms. The smallest absolute Gasteiger partial charge is 0.0616 e. The molecule has 1 fully saturated rings. The van der Waals surface area contributed by atoms with Crippen LogP contribution in [0.4, 0.5) is 0 Å². The minimum atomic E-state index is 0.228. The zero-order valence-electron chi connectivity index (χ0n) is 11.5. The summed E-state index contributed by atoms with van der Waals surface area (Å²) in [7, 11) is 1.72. The number of rotatable bonds is 7. The lowest BCUT2D eigenvalue weighted by Gasteiger charge is -2.36. The van der Waals surface area contributed by atoms with E-state index in [1.807, 2.05) is 0 Å². The molecule has 0 aromatic carbocycles. The molecule has 0 amide bonds. The van der Waals surface area contributed by atoms with Gasteiger partial charge in [0.2, 0.25) is 0 Å². The SMILES string of the molecule is COCC(CCO)NC1CCN(C(C)C)CC1. The molecule has 1 rings (SSSR count). The van der Waals surface area contributed by atoms with Crippen molar-refractivity contribution in [1.29, 1.82) is 0 Å². The van der Waals surface area contributed by atoms with Crippen LogP contribution in [0, 0.1) is 0 Å². The van der Waals surface area contributed by atoms with Gasteiger partial charge in [0, 0.05) is 31.8 Å². The van der Waals surface area contributed by atoms with Gasteiger partial charge in [-0.3, -0.25) is 0 Å². The van der Waals surface area contributed by atoms with E-state index in [4.69, 9.17) is 9.84 Å². The van der Waals surface area contributed by atoms with Crippen LogP contribution in [-0.2, 0) is 4.74 Å². The maximum Gasteiger partial charge on any atom is 0.0616 e. The molecule has 0 radical (unpaired) electrons. The highest BCUT2D eigenvalue weighted by molar-refractivity contribution is 4.81. The van der Waals surface area contributed by atoms with Crippen molar-refractivity contribution in [2.75, 3.05) is 33.4 Å². The number of aliphatic hydroxyl groups is 1. The standard InChI is InChI=1S/C13H28N2O2/c1-11(2)15-7-4-12(5-8-15)14-13(6-9-16)10-17-3/h11-14,16H,4-10H2,1-3H3. The Hall–Kier alpha value is -0.160. The summed E-state index contributed by atoms with van der Waals surface area (Å²) in [6, 6.07) is 1.53. The second kappa shape index (κ2) is 8.03. The lowest BCUT2D eigenvalue weighted by Crippen LogP contribution is -2.49. The molecule has 0 aromatic rings. The molecule has 1 aliphatic heterocycles. The van der Waals surface area contributed by atoms with Gasteiger partial charge in [-0.2, -0.15) is 0 Å². The van der Waals surface area contributed by atoms with Gasteiger partial charge in [-0.15, -0.1) is 0 Å². The van der Waals surface area contributed by atoms with Crippen LogP contribution < -0.4 is 5.32 Å². The quantitative estimate of drug-likeness (QED) is 0.697. The average Bonchev–Trinajstić information content (AvgIpc) is 2.30. The van der Waals surface area contributed by atoms with Crippen molar-refractivity contribution in [3.63, 3.8) is 0 Å². The zero-order chi connectivity index (χ0) is 12.7. The Morgan fingerprint density at radius 2 is 2.00 bits per heavy atom. The van der Waals surface area contributed by atoms with E-state index >= 15 is 0 Å². The number of nitrogens with zero attached hydrogens (tertiary/aromatic N) is 1. The van der Waals surface area contributed by atoms with E-state index in [0.29, 0.717) is 24.7 Å². The number of aliphatic hydroxyl groups excluding tert-OH is 1. The number of likely N-dealkylation sites (tertiary alicyclic amines) is 1. The van der Waals surface area contributed by atoms with Gasteiger partial charge >= 0.3 is 0 Å². The third-order valence-corrected chi connectivity index (χ3v) is 3.58. The van der Waals surface area contributed by atoms with Crippen molar-refractivity contribution in [3.8, 4) is 0 Å². The largest absolute Gasteiger partial charge is 0.396 e. The lowest BCUT2D eigenvalue weighted by atomic mass is 10.0. The van der Waals surface area contributed by atoms with Crippen LogP contribution in [0.15, 0.2) is 0 Å². The van der Waals surface area contributed by atoms with E-state index in [1.165, 1.54) is 25.9 Å². The number of nitrogens with one attached hydrogen (secondary N) is 1. The molecule has 0 spiro atoms. The molecule has 0 saturated carbocycles. The Morgan fingerprint density at radius 1 is 1.35 bits per heavy atom. The molecule has 102 valence electrons.